The summed E-state index contributed by atoms with van der Waals surface area (Å²) in [7, 11) is 3.63. The molecule has 21 heavy (non-hydrogen) atoms. The van der Waals surface area contributed by atoms with Gasteiger partial charge in [0.05, 0.1) is 6.10 Å². The molecule has 0 saturated heterocycles. The molecule has 2 rings (SSSR count). The van der Waals surface area contributed by atoms with Crippen molar-refractivity contribution in [3.05, 3.63) is 29.8 Å². The first-order valence-electron chi connectivity index (χ1n) is 7.69. The Kier molecular flexibility index (Phi) is 5.62. The monoisotopic (exact) mass is 290 g/mol. The summed E-state index contributed by atoms with van der Waals surface area (Å²) in [5.41, 5.74) is 2.32. The smallest absolute Gasteiger partial charge is 0.219 e. The van der Waals surface area contributed by atoms with Crippen molar-refractivity contribution in [1.82, 2.24) is 4.90 Å². The zero-order valence-electron chi connectivity index (χ0n) is 13.3. The van der Waals surface area contributed by atoms with Crippen LogP contribution < -0.4 is 5.32 Å². The Morgan fingerprint density at radius 3 is 2.57 bits per heavy atom. The highest BCUT2D eigenvalue weighted by molar-refractivity contribution is 5.73. The van der Waals surface area contributed by atoms with E-state index in [9.17, 15) is 4.79 Å². The molecule has 1 aromatic carbocycles. The lowest BCUT2D eigenvalue weighted by Crippen LogP contribution is -2.30. The second kappa shape index (κ2) is 7.46. The van der Waals surface area contributed by atoms with Crippen molar-refractivity contribution in [2.75, 3.05) is 19.5 Å². The number of carbonyl (C=O) groups is 1. The summed E-state index contributed by atoms with van der Waals surface area (Å²) < 4.78 is 5.42. The van der Waals surface area contributed by atoms with Crippen LogP contribution in [0.5, 0.6) is 0 Å². The standard InChI is InChI=1S/C17H26N2O2/c1-13(20)19(2)12-14-6-4-5-7-17(14)18-15-8-10-16(21-3)11-9-15/h4-7,15-16,18H,8-12H2,1-3H3. The van der Waals surface area contributed by atoms with Crippen LogP contribution in [-0.2, 0) is 16.1 Å². The van der Waals surface area contributed by atoms with Crippen molar-refractivity contribution in [2.24, 2.45) is 0 Å². The lowest BCUT2D eigenvalue weighted by Gasteiger charge is -2.30. The molecule has 0 unspecified atom stereocenters. The zero-order valence-corrected chi connectivity index (χ0v) is 13.3. The van der Waals surface area contributed by atoms with Gasteiger partial charge in [0.2, 0.25) is 5.91 Å². The quantitative estimate of drug-likeness (QED) is 0.906. The number of hydrogen-bond donors (Lipinski definition) is 1. The highest BCUT2D eigenvalue weighted by Gasteiger charge is 2.21. The molecule has 1 aromatic rings. The maximum absolute atomic E-state index is 11.4. The largest absolute Gasteiger partial charge is 0.382 e. The second-order valence-corrected chi connectivity index (χ2v) is 5.89. The fourth-order valence-electron chi connectivity index (χ4n) is 2.83. The molecule has 0 aromatic heterocycles. The number of nitrogens with zero attached hydrogens (tertiary/aromatic N) is 1. The summed E-state index contributed by atoms with van der Waals surface area (Å²) in [5, 5.41) is 3.64. The summed E-state index contributed by atoms with van der Waals surface area (Å²) >= 11 is 0. The van der Waals surface area contributed by atoms with Gasteiger partial charge in [-0.2, -0.15) is 0 Å². The molecule has 1 amide bonds. The SMILES string of the molecule is COC1CCC(Nc2ccccc2CN(C)C(C)=O)CC1. The highest BCUT2D eigenvalue weighted by atomic mass is 16.5. The van der Waals surface area contributed by atoms with E-state index in [1.807, 2.05) is 19.2 Å². The van der Waals surface area contributed by atoms with Crippen molar-refractivity contribution in [1.29, 1.82) is 0 Å². The lowest BCUT2D eigenvalue weighted by atomic mass is 9.92. The van der Waals surface area contributed by atoms with E-state index >= 15 is 0 Å². The van der Waals surface area contributed by atoms with E-state index in [0.717, 1.165) is 31.4 Å². The van der Waals surface area contributed by atoms with Crippen LogP contribution >= 0.6 is 0 Å². The molecule has 0 radical (unpaired) electrons. The Morgan fingerprint density at radius 2 is 1.95 bits per heavy atom. The van der Waals surface area contributed by atoms with Crippen molar-refractivity contribution >= 4 is 11.6 Å². The summed E-state index contributed by atoms with van der Waals surface area (Å²) in [6.07, 6.45) is 4.92. The maximum atomic E-state index is 11.4. The summed E-state index contributed by atoms with van der Waals surface area (Å²) in [5.74, 6) is 0.0883. The Balaban J connectivity index is 1.98. The van der Waals surface area contributed by atoms with Gasteiger partial charge in [0.25, 0.3) is 0 Å². The molecular formula is C17H26N2O2. The van der Waals surface area contributed by atoms with Gasteiger partial charge >= 0.3 is 0 Å². The molecule has 1 aliphatic rings. The molecular weight excluding hydrogens is 264 g/mol. The van der Waals surface area contributed by atoms with E-state index in [2.05, 4.69) is 17.4 Å². The normalized spacial score (nSPS) is 21.9. The van der Waals surface area contributed by atoms with Crippen molar-refractivity contribution < 1.29 is 9.53 Å². The minimum absolute atomic E-state index is 0.0883. The molecule has 1 aliphatic carbocycles. The Hall–Kier alpha value is -1.55. The van der Waals surface area contributed by atoms with Gasteiger partial charge < -0.3 is 15.0 Å². The van der Waals surface area contributed by atoms with Crippen molar-refractivity contribution in [3.8, 4) is 0 Å². The molecule has 4 nitrogen and oxygen atoms in total. The number of rotatable bonds is 5. The Bertz CT molecular complexity index is 468. The van der Waals surface area contributed by atoms with Gasteiger partial charge in [-0.25, -0.2) is 0 Å². The molecule has 4 heteroatoms. The van der Waals surface area contributed by atoms with E-state index in [1.54, 1.807) is 18.9 Å². The van der Waals surface area contributed by atoms with Crippen LogP contribution in [0, 0.1) is 0 Å². The number of amides is 1. The third-order valence-electron chi connectivity index (χ3n) is 4.33. The number of anilines is 1. The van der Waals surface area contributed by atoms with E-state index in [-0.39, 0.29) is 5.91 Å². The number of carbonyl (C=O) groups excluding carboxylic acids is 1. The predicted octanol–water partition coefficient (Wildman–Crippen LogP) is 3.03. The first-order chi connectivity index (χ1) is 10.1. The van der Waals surface area contributed by atoms with E-state index in [4.69, 9.17) is 4.74 Å². The first-order valence-corrected chi connectivity index (χ1v) is 7.69. The van der Waals surface area contributed by atoms with Crippen LogP contribution in [0.25, 0.3) is 0 Å². The molecule has 1 N–H and O–H groups in total. The first kappa shape index (κ1) is 15.8. The third kappa shape index (κ3) is 4.46. The molecule has 0 atom stereocenters. The van der Waals surface area contributed by atoms with Crippen LogP contribution in [0.3, 0.4) is 0 Å². The lowest BCUT2D eigenvalue weighted by molar-refractivity contribution is -0.128. The maximum Gasteiger partial charge on any atom is 0.219 e. The number of ether oxygens (including phenoxy) is 1. The topological polar surface area (TPSA) is 41.6 Å². The summed E-state index contributed by atoms with van der Waals surface area (Å²) in [4.78, 5) is 13.1. The molecule has 0 heterocycles. The number of nitrogens with one attached hydrogen (secondary N) is 1. The van der Waals surface area contributed by atoms with Crippen LogP contribution in [-0.4, -0.2) is 37.1 Å². The molecule has 0 spiro atoms. The molecule has 116 valence electrons. The van der Waals surface area contributed by atoms with Crippen molar-refractivity contribution in [3.63, 3.8) is 0 Å². The predicted molar refractivity (Wildman–Crippen MR) is 85.3 cm³/mol. The number of benzene rings is 1. The van der Waals surface area contributed by atoms with Crippen LogP contribution in [0.2, 0.25) is 0 Å². The number of para-hydroxylation sites is 1. The zero-order chi connectivity index (χ0) is 15.2. The van der Waals surface area contributed by atoms with Gasteiger partial charge in [0.15, 0.2) is 0 Å². The molecule has 0 aliphatic heterocycles. The van der Waals surface area contributed by atoms with Gasteiger partial charge in [-0.3, -0.25) is 4.79 Å². The minimum Gasteiger partial charge on any atom is -0.382 e. The second-order valence-electron chi connectivity index (χ2n) is 5.89. The van der Waals surface area contributed by atoms with Crippen LogP contribution in [0.1, 0.15) is 38.2 Å². The van der Waals surface area contributed by atoms with E-state index in [1.165, 1.54) is 5.56 Å². The van der Waals surface area contributed by atoms with Gasteiger partial charge in [-0.1, -0.05) is 18.2 Å². The van der Waals surface area contributed by atoms with Gasteiger partial charge in [0.1, 0.15) is 0 Å². The van der Waals surface area contributed by atoms with E-state index in [0.29, 0.717) is 18.7 Å². The van der Waals surface area contributed by atoms with Gasteiger partial charge in [-0.15, -0.1) is 0 Å². The third-order valence-corrected chi connectivity index (χ3v) is 4.33. The highest BCUT2D eigenvalue weighted by Crippen LogP contribution is 2.25. The van der Waals surface area contributed by atoms with Crippen LogP contribution in [0.4, 0.5) is 5.69 Å². The molecule has 0 bridgehead atoms. The summed E-state index contributed by atoms with van der Waals surface area (Å²) in [6.45, 7) is 2.24. The average molecular weight is 290 g/mol. The molecule has 1 saturated carbocycles. The Labute approximate surface area is 127 Å². The fourth-order valence-corrected chi connectivity index (χ4v) is 2.83. The molecule has 1 fully saturated rings. The fraction of sp³-hybridized carbons (Fsp3) is 0.588. The van der Waals surface area contributed by atoms with Crippen LogP contribution in [0.15, 0.2) is 24.3 Å². The van der Waals surface area contributed by atoms with Gasteiger partial charge in [0, 0.05) is 39.4 Å². The summed E-state index contributed by atoms with van der Waals surface area (Å²) in [6, 6.07) is 8.76. The van der Waals surface area contributed by atoms with Crippen molar-refractivity contribution in [2.45, 2.75) is 51.3 Å². The number of hydrogen-bond acceptors (Lipinski definition) is 3. The Morgan fingerprint density at radius 1 is 1.29 bits per heavy atom. The van der Waals surface area contributed by atoms with E-state index < -0.39 is 0 Å². The number of methoxy groups -OCH3 is 1. The average Bonchev–Trinajstić information content (AvgIpc) is 2.50. The van der Waals surface area contributed by atoms with Gasteiger partial charge in [-0.05, 0) is 37.3 Å². The minimum atomic E-state index is 0.0883.